The molecule has 2 atom stereocenters. The van der Waals surface area contributed by atoms with Crippen LogP contribution < -0.4 is 5.73 Å². The Morgan fingerprint density at radius 1 is 1.41 bits per heavy atom. The van der Waals surface area contributed by atoms with Crippen LogP contribution in [-0.4, -0.2) is 60.0 Å². The van der Waals surface area contributed by atoms with Gasteiger partial charge in [0.25, 0.3) is 0 Å². The van der Waals surface area contributed by atoms with Gasteiger partial charge < -0.3 is 15.5 Å². The van der Waals surface area contributed by atoms with Crippen LogP contribution in [0, 0.1) is 5.92 Å². The van der Waals surface area contributed by atoms with Crippen molar-refractivity contribution in [2.45, 2.75) is 45.3 Å². The normalized spacial score (nSPS) is 20.6. The maximum absolute atomic E-state index is 12.6. The predicted molar refractivity (Wildman–Crippen MR) is 75.9 cm³/mol. The minimum absolute atomic E-state index is 0.0656. The SMILES string of the molecule is CCCN(CC(F)(F)F)C(=O)C1CCCN(C(=O)[C@@H](C)N)C1. The lowest BCUT2D eigenvalue weighted by atomic mass is 9.96. The van der Waals surface area contributed by atoms with Crippen LogP contribution >= 0.6 is 0 Å². The lowest BCUT2D eigenvalue weighted by Gasteiger charge is -2.35. The van der Waals surface area contributed by atoms with Gasteiger partial charge in [0.05, 0.1) is 12.0 Å². The number of carbonyl (C=O) groups excluding carboxylic acids is 2. The van der Waals surface area contributed by atoms with Crippen LogP contribution in [0.5, 0.6) is 0 Å². The number of halogens is 3. The number of rotatable bonds is 5. The first-order chi connectivity index (χ1) is 10.2. The van der Waals surface area contributed by atoms with E-state index < -0.39 is 30.6 Å². The molecule has 2 N–H and O–H groups in total. The fourth-order valence-corrected chi connectivity index (χ4v) is 2.68. The highest BCUT2D eigenvalue weighted by Crippen LogP contribution is 2.23. The van der Waals surface area contributed by atoms with Gasteiger partial charge >= 0.3 is 6.18 Å². The third kappa shape index (κ3) is 5.47. The van der Waals surface area contributed by atoms with E-state index in [1.807, 2.05) is 0 Å². The molecule has 1 saturated heterocycles. The van der Waals surface area contributed by atoms with E-state index in [2.05, 4.69) is 0 Å². The molecule has 1 aliphatic rings. The zero-order chi connectivity index (χ0) is 16.9. The molecule has 1 aliphatic heterocycles. The van der Waals surface area contributed by atoms with Gasteiger partial charge in [-0.15, -0.1) is 0 Å². The Balaban J connectivity index is 2.74. The third-order valence-corrected chi connectivity index (χ3v) is 3.65. The van der Waals surface area contributed by atoms with E-state index in [0.717, 1.165) is 4.90 Å². The maximum Gasteiger partial charge on any atom is 0.406 e. The van der Waals surface area contributed by atoms with Crippen molar-refractivity contribution in [2.75, 3.05) is 26.2 Å². The first-order valence-electron chi connectivity index (χ1n) is 7.55. The molecular formula is C14H24F3N3O2. The number of carbonyl (C=O) groups is 2. The van der Waals surface area contributed by atoms with Crippen molar-refractivity contribution in [1.29, 1.82) is 0 Å². The van der Waals surface area contributed by atoms with Crippen molar-refractivity contribution in [3.8, 4) is 0 Å². The van der Waals surface area contributed by atoms with E-state index in [-0.39, 0.29) is 19.0 Å². The van der Waals surface area contributed by atoms with Crippen LogP contribution in [0.2, 0.25) is 0 Å². The van der Waals surface area contributed by atoms with Gasteiger partial charge in [0.1, 0.15) is 6.54 Å². The summed E-state index contributed by atoms with van der Waals surface area (Å²) < 4.78 is 37.8. The Kier molecular flexibility index (Phi) is 6.65. The minimum atomic E-state index is -4.42. The van der Waals surface area contributed by atoms with Crippen LogP contribution in [0.4, 0.5) is 13.2 Å². The van der Waals surface area contributed by atoms with Crippen LogP contribution in [0.25, 0.3) is 0 Å². The van der Waals surface area contributed by atoms with Gasteiger partial charge in [-0.1, -0.05) is 6.92 Å². The van der Waals surface area contributed by atoms with E-state index in [1.54, 1.807) is 13.8 Å². The average Bonchev–Trinajstić information content (AvgIpc) is 2.44. The Morgan fingerprint density at radius 2 is 2.05 bits per heavy atom. The smallest absolute Gasteiger partial charge is 0.341 e. The first kappa shape index (κ1) is 18.7. The number of amides is 2. The van der Waals surface area contributed by atoms with E-state index in [4.69, 9.17) is 5.73 Å². The number of hydrogen-bond acceptors (Lipinski definition) is 3. The number of likely N-dealkylation sites (tertiary alicyclic amines) is 1. The van der Waals surface area contributed by atoms with Crippen molar-refractivity contribution < 1.29 is 22.8 Å². The highest BCUT2D eigenvalue weighted by Gasteiger charge is 2.37. The molecule has 0 aromatic heterocycles. The standard InChI is InChI=1S/C14H24F3N3O2/c1-3-6-20(9-14(15,16)17)13(22)11-5-4-7-19(8-11)12(21)10(2)18/h10-11H,3-9,18H2,1-2H3/t10-,11?/m1/s1. The molecule has 1 fully saturated rings. The zero-order valence-corrected chi connectivity index (χ0v) is 13.0. The number of alkyl halides is 3. The average molecular weight is 323 g/mol. The highest BCUT2D eigenvalue weighted by molar-refractivity contribution is 5.83. The molecule has 1 unspecified atom stereocenters. The summed E-state index contributed by atoms with van der Waals surface area (Å²) in [5, 5.41) is 0. The van der Waals surface area contributed by atoms with E-state index in [1.165, 1.54) is 4.90 Å². The molecule has 128 valence electrons. The number of hydrogen-bond donors (Lipinski definition) is 1. The maximum atomic E-state index is 12.6. The summed E-state index contributed by atoms with van der Waals surface area (Å²) >= 11 is 0. The second-order valence-corrected chi connectivity index (χ2v) is 5.79. The summed E-state index contributed by atoms with van der Waals surface area (Å²) in [5.41, 5.74) is 5.54. The lowest BCUT2D eigenvalue weighted by Crippen LogP contribution is -2.51. The Hall–Kier alpha value is -1.31. The van der Waals surface area contributed by atoms with E-state index >= 15 is 0 Å². The van der Waals surface area contributed by atoms with E-state index in [0.29, 0.717) is 25.8 Å². The van der Waals surface area contributed by atoms with Gasteiger partial charge in [-0.2, -0.15) is 13.2 Å². The third-order valence-electron chi connectivity index (χ3n) is 3.65. The van der Waals surface area contributed by atoms with Gasteiger partial charge in [0.15, 0.2) is 0 Å². The largest absolute Gasteiger partial charge is 0.406 e. The fraction of sp³-hybridized carbons (Fsp3) is 0.857. The van der Waals surface area contributed by atoms with Crippen molar-refractivity contribution in [1.82, 2.24) is 9.80 Å². The molecule has 0 bridgehead atoms. The van der Waals surface area contributed by atoms with Gasteiger partial charge in [-0.3, -0.25) is 9.59 Å². The van der Waals surface area contributed by atoms with Crippen LogP contribution in [0.1, 0.15) is 33.1 Å². The van der Waals surface area contributed by atoms with Crippen LogP contribution in [0.3, 0.4) is 0 Å². The summed E-state index contributed by atoms with van der Waals surface area (Å²) in [6.07, 6.45) is -2.86. The molecule has 1 rings (SSSR count). The molecule has 0 spiro atoms. The molecule has 0 saturated carbocycles. The Morgan fingerprint density at radius 3 is 2.55 bits per heavy atom. The van der Waals surface area contributed by atoms with Crippen molar-refractivity contribution in [3.05, 3.63) is 0 Å². The molecule has 1 heterocycles. The summed E-state index contributed by atoms with van der Waals surface area (Å²) in [4.78, 5) is 26.6. The predicted octanol–water partition coefficient (Wildman–Crippen LogP) is 1.37. The zero-order valence-electron chi connectivity index (χ0n) is 13.0. The van der Waals surface area contributed by atoms with Gasteiger partial charge in [-0.25, -0.2) is 0 Å². The summed E-state index contributed by atoms with van der Waals surface area (Å²) in [5.74, 6) is -1.37. The fourth-order valence-electron chi connectivity index (χ4n) is 2.68. The quantitative estimate of drug-likeness (QED) is 0.831. The van der Waals surface area contributed by atoms with E-state index in [9.17, 15) is 22.8 Å². The summed E-state index contributed by atoms with van der Waals surface area (Å²) in [6, 6.07) is -0.671. The second-order valence-electron chi connectivity index (χ2n) is 5.79. The molecule has 0 radical (unpaired) electrons. The molecule has 0 aromatic rings. The van der Waals surface area contributed by atoms with Crippen molar-refractivity contribution in [3.63, 3.8) is 0 Å². The minimum Gasteiger partial charge on any atom is -0.341 e. The van der Waals surface area contributed by atoms with Gasteiger partial charge in [0, 0.05) is 19.6 Å². The first-order valence-corrected chi connectivity index (χ1v) is 7.55. The molecule has 0 aromatic carbocycles. The number of nitrogens with two attached hydrogens (primary N) is 1. The number of nitrogens with zero attached hydrogens (tertiary/aromatic N) is 2. The Labute approximate surface area is 128 Å². The molecule has 2 amide bonds. The van der Waals surface area contributed by atoms with Crippen LogP contribution in [0.15, 0.2) is 0 Å². The molecule has 8 heteroatoms. The molecule has 5 nitrogen and oxygen atoms in total. The van der Waals surface area contributed by atoms with Crippen molar-refractivity contribution in [2.24, 2.45) is 11.7 Å². The van der Waals surface area contributed by atoms with Crippen molar-refractivity contribution >= 4 is 11.8 Å². The topological polar surface area (TPSA) is 66.6 Å². The molecular weight excluding hydrogens is 299 g/mol. The Bertz CT molecular complexity index is 399. The van der Waals surface area contributed by atoms with Gasteiger partial charge in [0.2, 0.25) is 11.8 Å². The highest BCUT2D eigenvalue weighted by atomic mass is 19.4. The number of piperidine rings is 1. The molecule has 22 heavy (non-hydrogen) atoms. The summed E-state index contributed by atoms with van der Waals surface area (Å²) in [7, 11) is 0. The van der Waals surface area contributed by atoms with Gasteiger partial charge in [-0.05, 0) is 26.2 Å². The van der Waals surface area contributed by atoms with Crippen LogP contribution in [-0.2, 0) is 9.59 Å². The molecule has 0 aliphatic carbocycles. The summed E-state index contributed by atoms with van der Waals surface area (Å²) in [6.45, 7) is 2.76. The monoisotopic (exact) mass is 323 g/mol. The second kappa shape index (κ2) is 7.80. The lowest BCUT2D eigenvalue weighted by molar-refractivity contribution is -0.165.